The summed E-state index contributed by atoms with van der Waals surface area (Å²) in [5, 5.41) is 10.6. The highest BCUT2D eigenvalue weighted by atomic mass is 127. The van der Waals surface area contributed by atoms with Gasteiger partial charge in [0.15, 0.2) is 0 Å². The van der Waals surface area contributed by atoms with E-state index in [9.17, 15) is 0 Å². The van der Waals surface area contributed by atoms with Crippen LogP contribution in [-0.4, -0.2) is 16.2 Å². The lowest BCUT2D eigenvalue weighted by molar-refractivity contribution is 0.508. The molecule has 1 aliphatic rings. The molecule has 0 aromatic carbocycles. The predicted octanol–water partition coefficient (Wildman–Crippen LogP) is 1.05. The number of halogens is 1. The van der Waals surface area contributed by atoms with Gasteiger partial charge >= 0.3 is 0 Å². The molecule has 1 atom stereocenters. The van der Waals surface area contributed by atoms with E-state index in [4.69, 9.17) is 0 Å². The highest BCUT2D eigenvalue weighted by Crippen LogP contribution is 2.18. The summed E-state index contributed by atoms with van der Waals surface area (Å²) in [5.41, 5.74) is 2.66. The third kappa shape index (κ3) is 1.29. The predicted molar refractivity (Wildman–Crippen MR) is 51.3 cm³/mol. The zero-order valence-corrected chi connectivity index (χ0v) is 8.47. The Kier molecular flexibility index (Phi) is 1.88. The molecule has 0 fully saturated rings. The van der Waals surface area contributed by atoms with E-state index < -0.39 is 0 Å². The number of aromatic amines is 1. The fourth-order valence-electron chi connectivity index (χ4n) is 1.38. The second kappa shape index (κ2) is 2.75. The van der Waals surface area contributed by atoms with Gasteiger partial charge in [0.05, 0.1) is 0 Å². The Morgan fingerprint density at radius 3 is 3.27 bits per heavy atom. The van der Waals surface area contributed by atoms with E-state index >= 15 is 0 Å². The number of rotatable bonds is 0. The summed E-state index contributed by atoms with van der Waals surface area (Å²) in [4.78, 5) is 0. The van der Waals surface area contributed by atoms with Gasteiger partial charge in [0.1, 0.15) is 3.70 Å². The molecule has 3 nitrogen and oxygen atoms in total. The first-order valence-electron chi connectivity index (χ1n) is 3.72. The Hall–Kier alpha value is -0.100. The van der Waals surface area contributed by atoms with Crippen LogP contribution in [0.15, 0.2) is 0 Å². The van der Waals surface area contributed by atoms with Gasteiger partial charge in [-0.1, -0.05) is 0 Å². The Labute approximate surface area is 79.1 Å². The monoisotopic (exact) mass is 263 g/mol. The van der Waals surface area contributed by atoms with Crippen molar-refractivity contribution >= 4 is 22.6 Å². The Balaban J connectivity index is 2.36. The molecule has 0 aliphatic carbocycles. The molecule has 0 spiro atoms. The first-order chi connectivity index (χ1) is 5.27. The maximum Gasteiger partial charge on any atom is 0.127 e. The van der Waals surface area contributed by atoms with Crippen LogP contribution in [-0.2, 0) is 13.0 Å². The van der Waals surface area contributed by atoms with Crippen LogP contribution in [0.3, 0.4) is 0 Å². The van der Waals surface area contributed by atoms with Gasteiger partial charge in [-0.25, -0.2) is 0 Å². The summed E-state index contributed by atoms with van der Waals surface area (Å²) < 4.78 is 1.11. The van der Waals surface area contributed by atoms with Crippen molar-refractivity contribution in [1.29, 1.82) is 0 Å². The van der Waals surface area contributed by atoms with Crippen LogP contribution in [0.25, 0.3) is 0 Å². The van der Waals surface area contributed by atoms with Crippen molar-refractivity contribution in [1.82, 2.24) is 15.5 Å². The van der Waals surface area contributed by atoms with Crippen molar-refractivity contribution in [3.8, 4) is 0 Å². The molecule has 1 aromatic heterocycles. The topological polar surface area (TPSA) is 40.7 Å². The lowest BCUT2D eigenvalue weighted by atomic mass is 10.1. The number of aromatic nitrogens is 2. The number of H-pyrrole nitrogens is 1. The molecule has 0 radical (unpaired) electrons. The Bertz CT molecular complexity index is 269. The van der Waals surface area contributed by atoms with E-state index in [1.54, 1.807) is 0 Å². The summed E-state index contributed by atoms with van der Waals surface area (Å²) in [6.07, 6.45) is 1.07. The number of hydrogen-bond acceptors (Lipinski definition) is 2. The second-order valence-electron chi connectivity index (χ2n) is 2.96. The number of nitrogens with zero attached hydrogens (tertiary/aromatic N) is 1. The van der Waals surface area contributed by atoms with Gasteiger partial charge in [-0.3, -0.25) is 5.10 Å². The Morgan fingerprint density at radius 2 is 2.45 bits per heavy atom. The third-order valence-electron chi connectivity index (χ3n) is 2.04. The van der Waals surface area contributed by atoms with Gasteiger partial charge in [-0.2, -0.15) is 5.10 Å². The van der Waals surface area contributed by atoms with E-state index in [2.05, 4.69) is 45.0 Å². The van der Waals surface area contributed by atoms with Crippen LogP contribution >= 0.6 is 22.6 Å². The molecule has 2 heterocycles. The van der Waals surface area contributed by atoms with Crippen LogP contribution < -0.4 is 5.32 Å². The first kappa shape index (κ1) is 7.54. The number of hydrogen-bond donors (Lipinski definition) is 2. The second-order valence-corrected chi connectivity index (χ2v) is 3.98. The van der Waals surface area contributed by atoms with Crippen molar-refractivity contribution in [2.24, 2.45) is 0 Å². The molecule has 11 heavy (non-hydrogen) atoms. The van der Waals surface area contributed by atoms with Gasteiger partial charge in [-0.15, -0.1) is 0 Å². The van der Waals surface area contributed by atoms with Crippen molar-refractivity contribution in [3.63, 3.8) is 0 Å². The van der Waals surface area contributed by atoms with Crippen molar-refractivity contribution in [3.05, 3.63) is 15.0 Å². The quantitative estimate of drug-likeness (QED) is 0.687. The van der Waals surface area contributed by atoms with Gasteiger partial charge in [-0.05, 0) is 29.5 Å². The van der Waals surface area contributed by atoms with Crippen LogP contribution in [0, 0.1) is 3.70 Å². The van der Waals surface area contributed by atoms with E-state index in [0.29, 0.717) is 6.04 Å². The molecule has 0 amide bonds. The van der Waals surface area contributed by atoms with E-state index in [1.807, 2.05) is 0 Å². The van der Waals surface area contributed by atoms with E-state index in [1.165, 1.54) is 11.3 Å². The first-order valence-corrected chi connectivity index (χ1v) is 4.80. The molecule has 0 saturated heterocycles. The minimum atomic E-state index is 0.582. The maximum atomic E-state index is 4.15. The molecule has 2 rings (SSSR count). The minimum absolute atomic E-state index is 0.582. The number of fused-ring (bicyclic) bond motifs is 1. The van der Waals surface area contributed by atoms with Gasteiger partial charge in [0.25, 0.3) is 0 Å². The molecule has 60 valence electrons. The summed E-state index contributed by atoms with van der Waals surface area (Å²) in [6, 6.07) is 0.582. The van der Waals surface area contributed by atoms with Gasteiger partial charge in [0.2, 0.25) is 0 Å². The van der Waals surface area contributed by atoms with Crippen LogP contribution in [0.5, 0.6) is 0 Å². The highest BCUT2D eigenvalue weighted by Gasteiger charge is 2.18. The highest BCUT2D eigenvalue weighted by molar-refractivity contribution is 14.1. The van der Waals surface area contributed by atoms with Crippen molar-refractivity contribution in [2.45, 2.75) is 25.9 Å². The molecule has 0 bridgehead atoms. The fraction of sp³-hybridized carbons (Fsp3) is 0.571. The van der Waals surface area contributed by atoms with Crippen molar-refractivity contribution < 1.29 is 0 Å². The molecule has 2 N–H and O–H groups in total. The lowest BCUT2D eigenvalue weighted by Crippen LogP contribution is -2.32. The summed E-state index contributed by atoms with van der Waals surface area (Å²) in [7, 11) is 0. The average molecular weight is 263 g/mol. The van der Waals surface area contributed by atoms with Gasteiger partial charge in [0, 0.05) is 30.3 Å². The fourth-order valence-corrected chi connectivity index (χ4v) is 2.02. The zero-order valence-electron chi connectivity index (χ0n) is 6.32. The lowest BCUT2D eigenvalue weighted by Gasteiger charge is -2.19. The minimum Gasteiger partial charge on any atom is -0.310 e. The average Bonchev–Trinajstić information content (AvgIpc) is 2.32. The molecule has 1 unspecified atom stereocenters. The van der Waals surface area contributed by atoms with Crippen molar-refractivity contribution in [2.75, 3.05) is 0 Å². The SMILES string of the molecule is CC1Cc2[nH]nc(I)c2CN1. The van der Waals surface area contributed by atoms with Crippen LogP contribution in [0.1, 0.15) is 18.2 Å². The molecule has 0 saturated carbocycles. The zero-order chi connectivity index (χ0) is 7.84. The summed E-state index contributed by atoms with van der Waals surface area (Å²) >= 11 is 2.26. The maximum absolute atomic E-state index is 4.15. The van der Waals surface area contributed by atoms with Gasteiger partial charge < -0.3 is 5.32 Å². The molecule has 1 aromatic rings. The third-order valence-corrected chi connectivity index (χ3v) is 2.93. The van der Waals surface area contributed by atoms with Crippen LogP contribution in [0.4, 0.5) is 0 Å². The largest absolute Gasteiger partial charge is 0.310 e. The smallest absolute Gasteiger partial charge is 0.127 e. The number of nitrogens with one attached hydrogen (secondary N) is 2. The standard InChI is InChI=1S/C7H10IN3/c1-4-2-6-5(3-9-4)7(8)11-10-6/h4,9H,2-3H2,1H3,(H,10,11). The molecule has 1 aliphatic heterocycles. The normalized spacial score (nSPS) is 23.3. The molecular formula is C7H10IN3. The van der Waals surface area contributed by atoms with E-state index in [-0.39, 0.29) is 0 Å². The summed E-state index contributed by atoms with van der Waals surface area (Å²) in [6.45, 7) is 3.15. The van der Waals surface area contributed by atoms with Crippen LogP contribution in [0.2, 0.25) is 0 Å². The molecule has 4 heteroatoms. The van der Waals surface area contributed by atoms with E-state index in [0.717, 1.165) is 16.7 Å². The summed E-state index contributed by atoms with van der Waals surface area (Å²) in [5.74, 6) is 0. The molecular weight excluding hydrogens is 253 g/mol. The Morgan fingerprint density at radius 1 is 1.64 bits per heavy atom.